The van der Waals surface area contributed by atoms with Crippen molar-refractivity contribution in [2.45, 2.75) is 13.8 Å². The molecule has 23 heavy (non-hydrogen) atoms. The Morgan fingerprint density at radius 1 is 0.870 bits per heavy atom. The van der Waals surface area contributed by atoms with Crippen LogP contribution in [0, 0.1) is 5.41 Å². The number of amides is 2. The van der Waals surface area contributed by atoms with Crippen molar-refractivity contribution in [3.05, 3.63) is 47.8 Å². The molecule has 1 aliphatic heterocycles. The lowest BCUT2D eigenvalue weighted by atomic mass is 9.93. The van der Waals surface area contributed by atoms with Crippen LogP contribution in [-0.4, -0.2) is 34.9 Å². The first-order valence-corrected chi connectivity index (χ1v) is 7.43. The van der Waals surface area contributed by atoms with Gasteiger partial charge in [-0.1, -0.05) is 13.8 Å². The summed E-state index contributed by atoms with van der Waals surface area (Å²) >= 11 is 0. The van der Waals surface area contributed by atoms with Crippen molar-refractivity contribution in [2.75, 3.05) is 13.1 Å². The van der Waals surface area contributed by atoms with Crippen LogP contribution in [0.5, 0.6) is 0 Å². The lowest BCUT2D eigenvalue weighted by molar-refractivity contribution is 0.0920. The van der Waals surface area contributed by atoms with Gasteiger partial charge in [0.2, 0.25) is 0 Å². The van der Waals surface area contributed by atoms with Gasteiger partial charge < -0.3 is 10.6 Å². The van der Waals surface area contributed by atoms with E-state index in [1.807, 2.05) is 13.8 Å². The van der Waals surface area contributed by atoms with E-state index in [0.29, 0.717) is 35.6 Å². The molecule has 2 aromatic rings. The molecule has 0 saturated carbocycles. The summed E-state index contributed by atoms with van der Waals surface area (Å²) in [4.78, 5) is 33.1. The van der Waals surface area contributed by atoms with Crippen LogP contribution < -0.4 is 10.6 Å². The summed E-state index contributed by atoms with van der Waals surface area (Å²) in [6.45, 7) is 4.89. The zero-order chi connectivity index (χ0) is 16.4. The van der Waals surface area contributed by atoms with E-state index in [1.54, 1.807) is 36.7 Å². The number of hydrogen-bond donors (Lipinski definition) is 2. The molecule has 3 rings (SSSR count). The van der Waals surface area contributed by atoms with Crippen molar-refractivity contribution in [1.82, 2.24) is 20.6 Å². The molecule has 0 spiro atoms. The van der Waals surface area contributed by atoms with E-state index in [-0.39, 0.29) is 17.2 Å². The Kier molecular flexibility index (Phi) is 3.82. The fourth-order valence-corrected chi connectivity index (χ4v) is 2.33. The molecule has 0 unspecified atom stereocenters. The molecule has 2 amide bonds. The van der Waals surface area contributed by atoms with Crippen LogP contribution in [0.4, 0.5) is 0 Å². The summed E-state index contributed by atoms with van der Waals surface area (Å²) < 4.78 is 0. The maximum absolute atomic E-state index is 12.3. The van der Waals surface area contributed by atoms with Gasteiger partial charge in [0.15, 0.2) is 0 Å². The maximum Gasteiger partial charge on any atom is 0.251 e. The Bertz CT molecular complexity index is 707. The lowest BCUT2D eigenvalue weighted by Gasteiger charge is -2.25. The van der Waals surface area contributed by atoms with Crippen molar-refractivity contribution >= 4 is 11.8 Å². The Labute approximate surface area is 134 Å². The fourth-order valence-electron chi connectivity index (χ4n) is 2.33. The SMILES string of the molecule is CC1(C)CNC(=O)c2ccnc(c2)-c2cc(ccn2)C(=O)NC1. The zero-order valence-corrected chi connectivity index (χ0v) is 13.1. The first kappa shape index (κ1) is 15.1. The molecule has 3 heterocycles. The Morgan fingerprint density at radius 3 is 1.74 bits per heavy atom. The first-order valence-electron chi connectivity index (χ1n) is 7.43. The largest absolute Gasteiger partial charge is 0.351 e. The normalized spacial score (nSPS) is 17.1. The minimum Gasteiger partial charge on any atom is -0.351 e. The van der Waals surface area contributed by atoms with Crippen LogP contribution in [0.3, 0.4) is 0 Å². The van der Waals surface area contributed by atoms with Crippen LogP contribution in [0.1, 0.15) is 34.6 Å². The third-order valence-corrected chi connectivity index (χ3v) is 3.76. The van der Waals surface area contributed by atoms with E-state index in [2.05, 4.69) is 20.6 Å². The van der Waals surface area contributed by atoms with Crippen LogP contribution in [0.25, 0.3) is 11.4 Å². The number of nitrogens with zero attached hydrogens (tertiary/aromatic N) is 2. The summed E-state index contributed by atoms with van der Waals surface area (Å²) in [5, 5.41) is 5.81. The molecule has 2 N–H and O–H groups in total. The standard InChI is InChI=1S/C17H18N4O2/c1-17(2)9-20-15(22)11-3-5-18-13(7-11)14-8-12(4-6-19-14)16(23)21-10-17/h3-8H,9-10H2,1-2H3,(H,20,22)(H,21,23). The Balaban J connectivity index is 2.08. The Hall–Kier alpha value is -2.76. The van der Waals surface area contributed by atoms with E-state index in [4.69, 9.17) is 0 Å². The second-order valence-electron chi connectivity index (χ2n) is 6.39. The van der Waals surface area contributed by atoms with Gasteiger partial charge >= 0.3 is 0 Å². The number of hydrogen-bond acceptors (Lipinski definition) is 4. The Morgan fingerprint density at radius 2 is 1.30 bits per heavy atom. The minimum atomic E-state index is -0.259. The summed E-state index contributed by atoms with van der Waals surface area (Å²) in [6.07, 6.45) is 3.15. The highest BCUT2D eigenvalue weighted by molar-refractivity contribution is 5.96. The van der Waals surface area contributed by atoms with Crippen molar-refractivity contribution < 1.29 is 9.59 Å². The highest BCUT2D eigenvalue weighted by Gasteiger charge is 2.22. The third-order valence-electron chi connectivity index (χ3n) is 3.76. The predicted molar refractivity (Wildman–Crippen MR) is 85.9 cm³/mol. The average molecular weight is 310 g/mol. The topological polar surface area (TPSA) is 84.0 Å². The summed E-state index contributed by atoms with van der Waals surface area (Å²) in [5.41, 5.74) is 1.91. The molecule has 4 bridgehead atoms. The van der Waals surface area contributed by atoms with Gasteiger partial charge in [-0.15, -0.1) is 0 Å². The monoisotopic (exact) mass is 310 g/mol. The first-order chi connectivity index (χ1) is 10.9. The molecule has 6 heteroatoms. The van der Waals surface area contributed by atoms with Crippen LogP contribution in [-0.2, 0) is 0 Å². The van der Waals surface area contributed by atoms with Gasteiger partial charge in [0, 0.05) is 36.6 Å². The van der Waals surface area contributed by atoms with Gasteiger partial charge in [-0.05, 0) is 29.7 Å². The summed E-state index contributed by atoms with van der Waals surface area (Å²) in [6, 6.07) is 6.70. The van der Waals surface area contributed by atoms with Gasteiger partial charge in [-0.25, -0.2) is 0 Å². The van der Waals surface area contributed by atoms with Gasteiger partial charge in [0.1, 0.15) is 0 Å². The second-order valence-corrected chi connectivity index (χ2v) is 6.39. The number of nitrogens with one attached hydrogen (secondary N) is 2. The van der Waals surface area contributed by atoms with Crippen molar-refractivity contribution in [1.29, 1.82) is 0 Å². The fraction of sp³-hybridized carbons (Fsp3) is 0.294. The number of carbonyl (C=O) groups excluding carboxylic acids is 2. The van der Waals surface area contributed by atoms with Crippen molar-refractivity contribution in [3.8, 4) is 11.4 Å². The molecular formula is C17H18N4O2. The van der Waals surface area contributed by atoms with E-state index < -0.39 is 0 Å². The van der Waals surface area contributed by atoms with E-state index in [1.165, 1.54) is 0 Å². The zero-order valence-electron chi connectivity index (χ0n) is 13.1. The summed E-state index contributed by atoms with van der Waals surface area (Å²) in [5.74, 6) is -0.327. The van der Waals surface area contributed by atoms with E-state index in [0.717, 1.165) is 0 Å². The highest BCUT2D eigenvalue weighted by atomic mass is 16.2. The molecule has 2 aromatic heterocycles. The van der Waals surface area contributed by atoms with Crippen LogP contribution >= 0.6 is 0 Å². The third kappa shape index (κ3) is 3.36. The number of fused-ring (bicyclic) bond motifs is 5. The molecule has 6 nitrogen and oxygen atoms in total. The predicted octanol–water partition coefficient (Wildman–Crippen LogP) is 1.64. The van der Waals surface area contributed by atoms with Crippen molar-refractivity contribution in [2.24, 2.45) is 5.41 Å². The van der Waals surface area contributed by atoms with Gasteiger partial charge in [-0.2, -0.15) is 0 Å². The quantitative estimate of drug-likeness (QED) is 0.775. The minimum absolute atomic E-state index is 0.163. The number of carbonyl (C=O) groups is 2. The van der Waals surface area contributed by atoms with Gasteiger partial charge in [0.25, 0.3) is 11.8 Å². The maximum atomic E-state index is 12.3. The molecular weight excluding hydrogens is 292 g/mol. The molecule has 1 aliphatic rings. The number of pyridine rings is 2. The number of aromatic nitrogens is 2. The number of rotatable bonds is 0. The molecule has 118 valence electrons. The molecule has 0 atom stereocenters. The molecule has 0 fully saturated rings. The average Bonchev–Trinajstić information content (AvgIpc) is 2.57. The van der Waals surface area contributed by atoms with E-state index >= 15 is 0 Å². The van der Waals surface area contributed by atoms with Gasteiger partial charge in [0.05, 0.1) is 11.4 Å². The van der Waals surface area contributed by atoms with E-state index in [9.17, 15) is 9.59 Å². The molecule has 0 aliphatic carbocycles. The highest BCUT2D eigenvalue weighted by Crippen LogP contribution is 2.19. The molecule has 0 saturated heterocycles. The summed E-state index contributed by atoms with van der Waals surface area (Å²) in [7, 11) is 0. The smallest absolute Gasteiger partial charge is 0.251 e. The van der Waals surface area contributed by atoms with Crippen LogP contribution in [0.2, 0.25) is 0 Å². The molecule has 0 aromatic carbocycles. The second kappa shape index (κ2) is 5.79. The van der Waals surface area contributed by atoms with Crippen molar-refractivity contribution in [3.63, 3.8) is 0 Å². The molecule has 0 radical (unpaired) electrons. The van der Waals surface area contributed by atoms with Gasteiger partial charge in [-0.3, -0.25) is 19.6 Å². The van der Waals surface area contributed by atoms with Crippen LogP contribution in [0.15, 0.2) is 36.7 Å². The lowest BCUT2D eigenvalue weighted by Crippen LogP contribution is -2.42.